The molecule has 0 amide bonds. The first-order valence-corrected chi connectivity index (χ1v) is 8.34. The van der Waals surface area contributed by atoms with E-state index < -0.39 is 8.32 Å². The molecule has 0 fully saturated rings. The SMILES string of the molecule is CC=Cc1ccccc1O[Si](C)(C)C. The second kappa shape index (κ2) is 4.47. The van der Waals surface area contributed by atoms with E-state index in [2.05, 4.69) is 31.8 Å². The Hall–Kier alpha value is -1.02. The highest BCUT2D eigenvalue weighted by atomic mass is 28.4. The van der Waals surface area contributed by atoms with Crippen LogP contribution in [0, 0.1) is 0 Å². The van der Waals surface area contributed by atoms with Crippen LogP contribution in [0.2, 0.25) is 19.6 Å². The Kier molecular flexibility index (Phi) is 3.53. The zero-order chi connectivity index (χ0) is 10.6. The number of hydrogen-bond donors (Lipinski definition) is 0. The Bertz CT molecular complexity index is 323. The van der Waals surface area contributed by atoms with Crippen LogP contribution in [0.4, 0.5) is 0 Å². The van der Waals surface area contributed by atoms with Gasteiger partial charge in [-0.1, -0.05) is 30.4 Å². The maximum absolute atomic E-state index is 5.97. The average Bonchev–Trinajstić information content (AvgIpc) is 2.06. The second-order valence-electron chi connectivity index (χ2n) is 4.25. The monoisotopic (exact) mass is 206 g/mol. The lowest BCUT2D eigenvalue weighted by molar-refractivity contribution is 0.556. The molecule has 0 atom stereocenters. The predicted molar refractivity (Wildman–Crippen MR) is 65.1 cm³/mol. The molecule has 0 heterocycles. The summed E-state index contributed by atoms with van der Waals surface area (Å²) in [5, 5.41) is 0. The van der Waals surface area contributed by atoms with Crippen molar-refractivity contribution in [2.45, 2.75) is 26.6 Å². The van der Waals surface area contributed by atoms with Crippen LogP contribution in [0.15, 0.2) is 30.3 Å². The molecular weight excluding hydrogens is 188 g/mol. The highest BCUT2D eigenvalue weighted by Gasteiger charge is 2.17. The van der Waals surface area contributed by atoms with Crippen molar-refractivity contribution in [3.8, 4) is 5.75 Å². The van der Waals surface area contributed by atoms with Gasteiger partial charge in [0, 0.05) is 5.56 Å². The predicted octanol–water partition coefficient (Wildman–Crippen LogP) is 3.93. The summed E-state index contributed by atoms with van der Waals surface area (Å²) in [6, 6.07) is 8.16. The average molecular weight is 206 g/mol. The topological polar surface area (TPSA) is 9.23 Å². The molecule has 0 aliphatic carbocycles. The number of hydrogen-bond acceptors (Lipinski definition) is 1. The van der Waals surface area contributed by atoms with E-state index in [0.29, 0.717) is 0 Å². The lowest BCUT2D eigenvalue weighted by Gasteiger charge is -2.20. The van der Waals surface area contributed by atoms with E-state index in [9.17, 15) is 0 Å². The molecule has 0 saturated heterocycles. The van der Waals surface area contributed by atoms with E-state index in [4.69, 9.17) is 4.43 Å². The van der Waals surface area contributed by atoms with Crippen molar-refractivity contribution < 1.29 is 4.43 Å². The van der Waals surface area contributed by atoms with Gasteiger partial charge in [0.2, 0.25) is 8.32 Å². The number of benzene rings is 1. The van der Waals surface area contributed by atoms with Gasteiger partial charge in [-0.15, -0.1) is 0 Å². The summed E-state index contributed by atoms with van der Waals surface area (Å²) in [5.74, 6) is 1.00. The molecule has 0 saturated carbocycles. The van der Waals surface area contributed by atoms with Crippen LogP contribution < -0.4 is 4.43 Å². The maximum atomic E-state index is 5.97. The molecule has 0 aromatic heterocycles. The molecular formula is C12H18OSi. The Morgan fingerprint density at radius 3 is 2.36 bits per heavy atom. The molecule has 0 unspecified atom stereocenters. The van der Waals surface area contributed by atoms with Crippen LogP contribution in [0.5, 0.6) is 5.75 Å². The summed E-state index contributed by atoms with van der Waals surface area (Å²) in [6.07, 6.45) is 4.11. The van der Waals surface area contributed by atoms with Crippen molar-refractivity contribution >= 4 is 14.4 Å². The van der Waals surface area contributed by atoms with Gasteiger partial charge < -0.3 is 4.43 Å². The summed E-state index contributed by atoms with van der Waals surface area (Å²) in [5.41, 5.74) is 1.16. The maximum Gasteiger partial charge on any atom is 0.242 e. The number of rotatable bonds is 3. The molecule has 0 radical (unpaired) electrons. The highest BCUT2D eigenvalue weighted by Crippen LogP contribution is 2.22. The summed E-state index contributed by atoms with van der Waals surface area (Å²) in [6.45, 7) is 8.60. The van der Waals surface area contributed by atoms with Crippen LogP contribution in [-0.4, -0.2) is 8.32 Å². The van der Waals surface area contributed by atoms with Crippen LogP contribution in [0.25, 0.3) is 6.08 Å². The first kappa shape index (κ1) is 11.1. The van der Waals surface area contributed by atoms with Crippen molar-refractivity contribution in [2.24, 2.45) is 0 Å². The fourth-order valence-corrected chi connectivity index (χ4v) is 2.07. The van der Waals surface area contributed by atoms with Crippen molar-refractivity contribution in [3.05, 3.63) is 35.9 Å². The van der Waals surface area contributed by atoms with Gasteiger partial charge >= 0.3 is 0 Å². The molecule has 1 aromatic rings. The molecule has 76 valence electrons. The van der Waals surface area contributed by atoms with E-state index >= 15 is 0 Å². The van der Waals surface area contributed by atoms with Crippen molar-refractivity contribution in [1.29, 1.82) is 0 Å². The van der Waals surface area contributed by atoms with E-state index in [1.807, 2.05) is 31.2 Å². The van der Waals surface area contributed by atoms with Gasteiger partial charge in [-0.3, -0.25) is 0 Å². The quantitative estimate of drug-likeness (QED) is 0.681. The highest BCUT2D eigenvalue weighted by molar-refractivity contribution is 6.70. The standard InChI is InChI=1S/C12H18OSi/c1-5-8-11-9-6-7-10-12(11)13-14(2,3)4/h5-10H,1-4H3. The van der Waals surface area contributed by atoms with E-state index in [0.717, 1.165) is 11.3 Å². The molecule has 0 spiro atoms. The zero-order valence-electron chi connectivity index (χ0n) is 9.37. The first-order chi connectivity index (χ1) is 6.53. The molecule has 14 heavy (non-hydrogen) atoms. The molecule has 1 rings (SSSR count). The minimum absolute atomic E-state index is 1.00. The Morgan fingerprint density at radius 2 is 1.79 bits per heavy atom. The molecule has 0 N–H and O–H groups in total. The first-order valence-electron chi connectivity index (χ1n) is 4.93. The third kappa shape index (κ3) is 3.38. The van der Waals surface area contributed by atoms with Gasteiger partial charge in [-0.25, -0.2) is 0 Å². The molecule has 0 aliphatic heterocycles. The van der Waals surface area contributed by atoms with Crippen LogP contribution >= 0.6 is 0 Å². The number of allylic oxidation sites excluding steroid dienone is 1. The molecule has 1 aromatic carbocycles. The van der Waals surface area contributed by atoms with Gasteiger partial charge in [-0.2, -0.15) is 0 Å². The summed E-state index contributed by atoms with van der Waals surface area (Å²) < 4.78 is 5.97. The van der Waals surface area contributed by atoms with E-state index in [1.165, 1.54) is 0 Å². The summed E-state index contributed by atoms with van der Waals surface area (Å²) in [4.78, 5) is 0. The fraction of sp³-hybridized carbons (Fsp3) is 0.333. The van der Waals surface area contributed by atoms with Gasteiger partial charge in [0.25, 0.3) is 0 Å². The normalized spacial score (nSPS) is 12.0. The largest absolute Gasteiger partial charge is 0.544 e. The molecule has 1 nitrogen and oxygen atoms in total. The van der Waals surface area contributed by atoms with Crippen LogP contribution in [0.3, 0.4) is 0 Å². The van der Waals surface area contributed by atoms with Gasteiger partial charge in [0.05, 0.1) is 0 Å². The summed E-state index contributed by atoms with van der Waals surface area (Å²) in [7, 11) is -1.49. The summed E-state index contributed by atoms with van der Waals surface area (Å²) >= 11 is 0. The minimum Gasteiger partial charge on any atom is -0.544 e. The van der Waals surface area contributed by atoms with E-state index in [1.54, 1.807) is 0 Å². The van der Waals surface area contributed by atoms with E-state index in [-0.39, 0.29) is 0 Å². The molecule has 0 bridgehead atoms. The lowest BCUT2D eigenvalue weighted by Crippen LogP contribution is -2.29. The van der Waals surface area contributed by atoms with Crippen LogP contribution in [0.1, 0.15) is 12.5 Å². The third-order valence-electron chi connectivity index (χ3n) is 1.68. The van der Waals surface area contributed by atoms with Gasteiger partial charge in [0.1, 0.15) is 5.75 Å². The second-order valence-corrected chi connectivity index (χ2v) is 8.68. The lowest BCUT2D eigenvalue weighted by atomic mass is 10.2. The fourth-order valence-electron chi connectivity index (χ4n) is 1.22. The Labute approximate surface area is 87.5 Å². The Morgan fingerprint density at radius 1 is 1.14 bits per heavy atom. The van der Waals surface area contributed by atoms with Gasteiger partial charge in [0.15, 0.2) is 0 Å². The van der Waals surface area contributed by atoms with Crippen molar-refractivity contribution in [2.75, 3.05) is 0 Å². The Balaban J connectivity index is 2.96. The van der Waals surface area contributed by atoms with Crippen LogP contribution in [-0.2, 0) is 0 Å². The molecule has 2 heteroatoms. The molecule has 0 aliphatic rings. The zero-order valence-corrected chi connectivity index (χ0v) is 10.4. The van der Waals surface area contributed by atoms with Gasteiger partial charge in [-0.05, 0) is 32.6 Å². The third-order valence-corrected chi connectivity index (χ3v) is 2.51. The smallest absolute Gasteiger partial charge is 0.242 e. The number of para-hydroxylation sites is 1. The van der Waals surface area contributed by atoms with Crippen molar-refractivity contribution in [3.63, 3.8) is 0 Å². The minimum atomic E-state index is -1.49. The van der Waals surface area contributed by atoms with Crippen molar-refractivity contribution in [1.82, 2.24) is 0 Å².